The molecule has 0 saturated carbocycles. The van der Waals surface area contributed by atoms with Gasteiger partial charge in [-0.3, -0.25) is 0 Å². The van der Waals surface area contributed by atoms with E-state index in [1.165, 1.54) is 5.56 Å². The first-order chi connectivity index (χ1) is 17.1. The van der Waals surface area contributed by atoms with E-state index in [0.717, 1.165) is 73.2 Å². The van der Waals surface area contributed by atoms with Crippen molar-refractivity contribution in [3.8, 4) is 22.5 Å². The maximum absolute atomic E-state index is 4.95. The molecule has 0 amide bonds. The number of hydrogen-bond donors (Lipinski definition) is 1. The Kier molecular flexibility index (Phi) is 8.03. The average molecular weight is 471 g/mol. The molecular weight excluding hydrogens is 436 g/mol. The summed E-state index contributed by atoms with van der Waals surface area (Å²) in [5.41, 5.74) is 5.40. The van der Waals surface area contributed by atoms with E-state index in [4.69, 9.17) is 9.97 Å². The minimum absolute atomic E-state index is 0.663. The summed E-state index contributed by atoms with van der Waals surface area (Å²) in [5, 5.41) is 14.4. The standard InChI is InChI=1S/C27H34N8/c1-5-8-17-35(27-28-20(4)18-25(29-27)34(6-2)7-3)19-21-13-15-22(16-14-21)23-11-9-10-12-24(23)26-30-32-33-31-26/h9-16,18H,5-8,17,19H2,1-4H3,(H,30,31,32,33). The molecule has 1 N–H and O–H groups in total. The summed E-state index contributed by atoms with van der Waals surface area (Å²) < 4.78 is 0. The van der Waals surface area contributed by atoms with E-state index in [-0.39, 0.29) is 0 Å². The second kappa shape index (κ2) is 11.6. The third-order valence-corrected chi connectivity index (χ3v) is 6.15. The number of benzene rings is 2. The molecule has 2 heterocycles. The first-order valence-corrected chi connectivity index (χ1v) is 12.4. The molecule has 8 nitrogen and oxygen atoms in total. The molecule has 0 radical (unpaired) electrons. The molecule has 8 heteroatoms. The molecule has 0 saturated heterocycles. The Morgan fingerprint density at radius 1 is 0.857 bits per heavy atom. The van der Waals surface area contributed by atoms with Crippen LogP contribution in [0.1, 0.15) is 44.9 Å². The van der Waals surface area contributed by atoms with Crippen molar-refractivity contribution in [3.05, 3.63) is 65.9 Å². The van der Waals surface area contributed by atoms with Gasteiger partial charge in [0.05, 0.1) is 0 Å². The van der Waals surface area contributed by atoms with Crippen LogP contribution < -0.4 is 9.80 Å². The Labute approximate surface area is 207 Å². The summed E-state index contributed by atoms with van der Waals surface area (Å²) in [7, 11) is 0. The normalized spacial score (nSPS) is 11.0. The molecule has 0 fully saturated rings. The van der Waals surface area contributed by atoms with Crippen LogP contribution in [0, 0.1) is 6.92 Å². The van der Waals surface area contributed by atoms with Crippen LogP contribution in [0.4, 0.5) is 11.8 Å². The van der Waals surface area contributed by atoms with Gasteiger partial charge < -0.3 is 9.80 Å². The largest absolute Gasteiger partial charge is 0.357 e. The number of aromatic amines is 1. The van der Waals surface area contributed by atoms with Gasteiger partial charge in [-0.2, -0.15) is 4.98 Å². The van der Waals surface area contributed by atoms with Crippen LogP contribution in [0.5, 0.6) is 0 Å². The number of hydrogen-bond acceptors (Lipinski definition) is 7. The highest BCUT2D eigenvalue weighted by molar-refractivity contribution is 5.80. The van der Waals surface area contributed by atoms with Crippen molar-refractivity contribution >= 4 is 11.8 Å². The Morgan fingerprint density at radius 3 is 2.26 bits per heavy atom. The van der Waals surface area contributed by atoms with Crippen molar-refractivity contribution in [2.75, 3.05) is 29.4 Å². The second-order valence-electron chi connectivity index (χ2n) is 8.61. The fraction of sp³-hybridized carbons (Fsp3) is 0.370. The molecule has 35 heavy (non-hydrogen) atoms. The zero-order valence-corrected chi connectivity index (χ0v) is 21.1. The van der Waals surface area contributed by atoms with Crippen LogP contribution >= 0.6 is 0 Å². The SMILES string of the molecule is CCCCN(Cc1ccc(-c2ccccc2-c2nnn[nH]2)cc1)c1nc(C)cc(N(CC)CC)n1. The molecule has 0 aliphatic rings. The van der Waals surface area contributed by atoms with Gasteiger partial charge in [0.2, 0.25) is 5.95 Å². The zero-order valence-electron chi connectivity index (χ0n) is 21.1. The van der Waals surface area contributed by atoms with E-state index in [1.807, 2.05) is 25.1 Å². The third-order valence-electron chi connectivity index (χ3n) is 6.15. The molecule has 182 valence electrons. The number of aromatic nitrogens is 6. The summed E-state index contributed by atoms with van der Waals surface area (Å²) in [6, 6.07) is 18.9. The average Bonchev–Trinajstić information content (AvgIpc) is 3.42. The molecule has 2 aromatic carbocycles. The van der Waals surface area contributed by atoms with Crippen molar-refractivity contribution in [1.82, 2.24) is 30.6 Å². The molecule has 0 atom stereocenters. The third kappa shape index (κ3) is 5.82. The Hall–Kier alpha value is -3.81. The molecular formula is C27H34N8. The minimum atomic E-state index is 0.663. The predicted molar refractivity (Wildman–Crippen MR) is 141 cm³/mol. The summed E-state index contributed by atoms with van der Waals surface area (Å²) in [4.78, 5) is 14.3. The van der Waals surface area contributed by atoms with Crippen LogP contribution in [0.15, 0.2) is 54.6 Å². The predicted octanol–water partition coefficient (Wildman–Crippen LogP) is 5.29. The second-order valence-corrected chi connectivity index (χ2v) is 8.61. The van der Waals surface area contributed by atoms with Crippen molar-refractivity contribution in [1.29, 1.82) is 0 Å². The quantitative estimate of drug-likeness (QED) is 0.319. The summed E-state index contributed by atoms with van der Waals surface area (Å²) in [5.74, 6) is 2.46. The van der Waals surface area contributed by atoms with Crippen molar-refractivity contribution in [3.63, 3.8) is 0 Å². The van der Waals surface area contributed by atoms with Crippen molar-refractivity contribution in [2.24, 2.45) is 0 Å². The fourth-order valence-corrected chi connectivity index (χ4v) is 4.21. The lowest BCUT2D eigenvalue weighted by molar-refractivity contribution is 0.693. The van der Waals surface area contributed by atoms with Gasteiger partial charge in [0.15, 0.2) is 5.82 Å². The van der Waals surface area contributed by atoms with Gasteiger partial charge in [-0.25, -0.2) is 10.1 Å². The minimum Gasteiger partial charge on any atom is -0.357 e. The van der Waals surface area contributed by atoms with Crippen molar-refractivity contribution in [2.45, 2.75) is 47.1 Å². The maximum Gasteiger partial charge on any atom is 0.227 e. The summed E-state index contributed by atoms with van der Waals surface area (Å²) in [6.45, 7) is 12.1. The molecule has 0 unspecified atom stereocenters. The first kappa shape index (κ1) is 24.3. The van der Waals surface area contributed by atoms with Crippen LogP contribution in [0.3, 0.4) is 0 Å². The van der Waals surface area contributed by atoms with Crippen LogP contribution in [-0.4, -0.2) is 50.2 Å². The van der Waals surface area contributed by atoms with Crippen molar-refractivity contribution < 1.29 is 0 Å². The van der Waals surface area contributed by atoms with E-state index < -0.39 is 0 Å². The Morgan fingerprint density at radius 2 is 1.60 bits per heavy atom. The van der Waals surface area contributed by atoms with Gasteiger partial charge in [-0.1, -0.05) is 61.9 Å². The lowest BCUT2D eigenvalue weighted by atomic mass is 9.98. The molecule has 0 bridgehead atoms. The molecule has 4 rings (SSSR count). The topological polar surface area (TPSA) is 86.7 Å². The van der Waals surface area contributed by atoms with Crippen LogP contribution in [-0.2, 0) is 6.54 Å². The highest BCUT2D eigenvalue weighted by Gasteiger charge is 2.15. The van der Waals surface area contributed by atoms with Crippen LogP contribution in [0.2, 0.25) is 0 Å². The number of aryl methyl sites for hydroxylation is 1. The first-order valence-electron chi connectivity index (χ1n) is 12.4. The van der Waals surface area contributed by atoms with Gasteiger partial charge in [-0.15, -0.1) is 5.10 Å². The van der Waals surface area contributed by atoms with E-state index in [0.29, 0.717) is 5.82 Å². The van der Waals surface area contributed by atoms with Gasteiger partial charge in [0, 0.05) is 43.5 Å². The highest BCUT2D eigenvalue weighted by atomic mass is 15.5. The summed E-state index contributed by atoms with van der Waals surface area (Å²) in [6.07, 6.45) is 2.21. The molecule has 0 aliphatic carbocycles. The van der Waals surface area contributed by atoms with Crippen LogP contribution in [0.25, 0.3) is 22.5 Å². The number of anilines is 2. The molecule has 0 aliphatic heterocycles. The Bertz CT molecular complexity index is 1200. The number of nitrogens with zero attached hydrogens (tertiary/aromatic N) is 7. The van der Waals surface area contributed by atoms with Gasteiger partial charge in [0.1, 0.15) is 5.82 Å². The number of tetrazole rings is 1. The van der Waals surface area contributed by atoms with E-state index >= 15 is 0 Å². The Balaban J connectivity index is 1.60. The number of H-pyrrole nitrogens is 1. The fourth-order valence-electron chi connectivity index (χ4n) is 4.21. The van der Waals surface area contributed by atoms with Gasteiger partial charge in [0.25, 0.3) is 0 Å². The van der Waals surface area contributed by atoms with Gasteiger partial charge in [-0.05, 0) is 54.3 Å². The molecule has 4 aromatic rings. The number of rotatable bonds is 11. The van der Waals surface area contributed by atoms with E-state index in [1.54, 1.807) is 0 Å². The number of nitrogens with one attached hydrogen (secondary N) is 1. The lowest BCUT2D eigenvalue weighted by Gasteiger charge is -2.26. The monoisotopic (exact) mass is 470 g/mol. The van der Waals surface area contributed by atoms with E-state index in [2.05, 4.69) is 87.6 Å². The lowest BCUT2D eigenvalue weighted by Crippen LogP contribution is -2.28. The maximum atomic E-state index is 4.95. The van der Waals surface area contributed by atoms with Gasteiger partial charge >= 0.3 is 0 Å². The smallest absolute Gasteiger partial charge is 0.227 e. The summed E-state index contributed by atoms with van der Waals surface area (Å²) >= 11 is 0. The zero-order chi connectivity index (χ0) is 24.6. The molecule has 0 spiro atoms. The van der Waals surface area contributed by atoms with E-state index in [9.17, 15) is 0 Å². The number of unbranched alkanes of at least 4 members (excludes halogenated alkanes) is 1. The highest BCUT2D eigenvalue weighted by Crippen LogP contribution is 2.30. The molecule has 2 aromatic heterocycles.